The molecule has 0 spiro atoms. The summed E-state index contributed by atoms with van der Waals surface area (Å²) in [7, 11) is 1.66. The molecule has 0 N–H and O–H groups in total. The quantitative estimate of drug-likeness (QED) is 0.530. The van der Waals surface area contributed by atoms with E-state index in [0.29, 0.717) is 5.69 Å². The van der Waals surface area contributed by atoms with Gasteiger partial charge in [-0.05, 0) is 22.9 Å². The Kier molecular flexibility index (Phi) is 1.95. The molecule has 60 valence electrons. The predicted octanol–water partition coefficient (Wildman–Crippen LogP) is 1.40. The number of rotatable bonds is 1. The normalized spacial score (nSPS) is 10.1. The third-order valence-electron chi connectivity index (χ3n) is 1.44. The van der Waals surface area contributed by atoms with E-state index in [1.807, 2.05) is 0 Å². The zero-order chi connectivity index (χ0) is 8.59. The summed E-state index contributed by atoms with van der Waals surface area (Å²) in [5, 5.41) is 14.2. The molecule has 0 saturated carbocycles. The summed E-state index contributed by atoms with van der Waals surface area (Å²) >= 11 is 2.99. The van der Waals surface area contributed by atoms with Crippen LogP contribution in [0.25, 0.3) is 0 Å². The highest BCUT2D eigenvalue weighted by atomic mass is 79.9. The van der Waals surface area contributed by atoms with E-state index in [9.17, 15) is 10.1 Å². The average molecular weight is 220 g/mol. The van der Waals surface area contributed by atoms with Gasteiger partial charge in [0.2, 0.25) is 4.60 Å². The lowest BCUT2D eigenvalue weighted by Crippen LogP contribution is -1.94. The molecule has 0 fully saturated rings. The first-order valence-electron chi connectivity index (χ1n) is 2.87. The van der Waals surface area contributed by atoms with Gasteiger partial charge in [-0.15, -0.1) is 0 Å². The van der Waals surface area contributed by atoms with E-state index in [-0.39, 0.29) is 10.3 Å². The van der Waals surface area contributed by atoms with Gasteiger partial charge in [0.15, 0.2) is 0 Å². The minimum atomic E-state index is -0.452. The summed E-state index contributed by atoms with van der Waals surface area (Å²) in [6, 6.07) is 0. The Bertz CT molecular complexity index is 307. The van der Waals surface area contributed by atoms with Crippen LogP contribution in [0.4, 0.5) is 5.69 Å². The van der Waals surface area contributed by atoms with Gasteiger partial charge in [-0.3, -0.25) is 14.8 Å². The molecule has 1 aromatic heterocycles. The summed E-state index contributed by atoms with van der Waals surface area (Å²) < 4.78 is 1.74. The molecule has 6 heteroatoms. The molecule has 1 aromatic rings. The first-order valence-corrected chi connectivity index (χ1v) is 3.67. The van der Waals surface area contributed by atoms with Gasteiger partial charge < -0.3 is 0 Å². The lowest BCUT2D eigenvalue weighted by atomic mass is 10.4. The highest BCUT2D eigenvalue weighted by Gasteiger charge is 2.20. The molecular weight excluding hydrogens is 214 g/mol. The fourth-order valence-corrected chi connectivity index (χ4v) is 1.43. The highest BCUT2D eigenvalue weighted by molar-refractivity contribution is 9.10. The Morgan fingerprint density at radius 3 is 2.45 bits per heavy atom. The Labute approximate surface area is 71.3 Å². The molecular formula is C5H6BrN3O2. The van der Waals surface area contributed by atoms with Crippen LogP contribution in [-0.2, 0) is 7.05 Å². The number of aryl methyl sites for hydroxylation is 1. The van der Waals surface area contributed by atoms with E-state index in [1.54, 1.807) is 14.0 Å². The molecule has 11 heavy (non-hydrogen) atoms. The molecule has 0 aliphatic heterocycles. The van der Waals surface area contributed by atoms with Crippen LogP contribution in [0.1, 0.15) is 5.69 Å². The van der Waals surface area contributed by atoms with Crippen molar-refractivity contribution in [2.24, 2.45) is 7.05 Å². The molecule has 0 unspecified atom stereocenters. The molecule has 0 aromatic carbocycles. The van der Waals surface area contributed by atoms with Crippen molar-refractivity contribution in [1.29, 1.82) is 0 Å². The number of nitrogens with zero attached hydrogens (tertiary/aromatic N) is 3. The molecule has 0 amide bonds. The van der Waals surface area contributed by atoms with Gasteiger partial charge in [-0.2, -0.15) is 5.10 Å². The Morgan fingerprint density at radius 1 is 1.73 bits per heavy atom. The monoisotopic (exact) mass is 219 g/mol. The fraction of sp³-hybridized carbons (Fsp3) is 0.400. The number of hydrogen-bond acceptors (Lipinski definition) is 3. The van der Waals surface area contributed by atoms with Gasteiger partial charge in [-0.1, -0.05) is 0 Å². The highest BCUT2D eigenvalue weighted by Crippen LogP contribution is 2.26. The third kappa shape index (κ3) is 1.25. The van der Waals surface area contributed by atoms with Crippen molar-refractivity contribution in [2.45, 2.75) is 6.92 Å². The van der Waals surface area contributed by atoms with Crippen molar-refractivity contribution >= 4 is 21.6 Å². The van der Waals surface area contributed by atoms with Gasteiger partial charge >= 0.3 is 5.69 Å². The van der Waals surface area contributed by atoms with E-state index in [0.717, 1.165) is 0 Å². The van der Waals surface area contributed by atoms with Crippen LogP contribution in [0.5, 0.6) is 0 Å². The largest absolute Gasteiger partial charge is 0.324 e. The van der Waals surface area contributed by atoms with Gasteiger partial charge in [-0.25, -0.2) is 0 Å². The first kappa shape index (κ1) is 8.19. The second-order valence-corrected chi connectivity index (χ2v) is 2.86. The molecule has 0 saturated heterocycles. The lowest BCUT2D eigenvalue weighted by Gasteiger charge is -1.89. The van der Waals surface area contributed by atoms with Crippen molar-refractivity contribution in [3.05, 3.63) is 20.4 Å². The fourth-order valence-electron chi connectivity index (χ4n) is 0.764. The Morgan fingerprint density at radius 2 is 2.27 bits per heavy atom. The molecule has 0 bridgehead atoms. The number of hydrogen-bond donors (Lipinski definition) is 0. The first-order chi connectivity index (χ1) is 5.04. The van der Waals surface area contributed by atoms with Crippen molar-refractivity contribution in [3.63, 3.8) is 0 Å². The summed E-state index contributed by atoms with van der Waals surface area (Å²) in [4.78, 5) is 9.93. The summed E-state index contributed by atoms with van der Waals surface area (Å²) in [6.45, 7) is 1.65. The molecule has 1 heterocycles. The lowest BCUT2D eigenvalue weighted by molar-refractivity contribution is -0.386. The van der Waals surface area contributed by atoms with Crippen LogP contribution in [0.15, 0.2) is 4.60 Å². The standard InChI is InChI=1S/C5H6BrN3O2/c1-3-4(9(10)11)5(6)7-8(3)2/h1-2H3. The second-order valence-electron chi connectivity index (χ2n) is 2.11. The summed E-state index contributed by atoms with van der Waals surface area (Å²) in [6.07, 6.45) is 0. The Hall–Kier alpha value is -0.910. The van der Waals surface area contributed by atoms with E-state index in [4.69, 9.17) is 0 Å². The van der Waals surface area contributed by atoms with E-state index in [2.05, 4.69) is 21.0 Å². The minimum absolute atomic E-state index is 0.0347. The third-order valence-corrected chi connectivity index (χ3v) is 1.98. The van der Waals surface area contributed by atoms with Crippen molar-refractivity contribution in [3.8, 4) is 0 Å². The van der Waals surface area contributed by atoms with Gasteiger partial charge in [0.1, 0.15) is 5.69 Å². The zero-order valence-corrected chi connectivity index (χ0v) is 7.62. The second kappa shape index (κ2) is 2.61. The molecule has 5 nitrogen and oxygen atoms in total. The number of nitro groups is 1. The number of halogens is 1. The molecule has 1 rings (SSSR count). The number of aromatic nitrogens is 2. The zero-order valence-electron chi connectivity index (χ0n) is 6.04. The maximum atomic E-state index is 10.4. The molecule has 0 aliphatic carbocycles. The van der Waals surface area contributed by atoms with Crippen LogP contribution in [0.3, 0.4) is 0 Å². The van der Waals surface area contributed by atoms with E-state index >= 15 is 0 Å². The maximum absolute atomic E-state index is 10.4. The Balaban J connectivity index is 3.34. The van der Waals surface area contributed by atoms with Crippen LogP contribution in [0, 0.1) is 17.0 Å². The molecule has 0 aliphatic rings. The predicted molar refractivity (Wildman–Crippen MR) is 42.3 cm³/mol. The van der Waals surface area contributed by atoms with E-state index in [1.165, 1.54) is 4.68 Å². The van der Waals surface area contributed by atoms with Gasteiger partial charge in [0.25, 0.3) is 0 Å². The maximum Gasteiger partial charge on any atom is 0.324 e. The van der Waals surface area contributed by atoms with Crippen LogP contribution < -0.4 is 0 Å². The molecule has 0 atom stereocenters. The van der Waals surface area contributed by atoms with Gasteiger partial charge in [0, 0.05) is 7.05 Å². The minimum Gasteiger partial charge on any atom is -0.265 e. The SMILES string of the molecule is Cc1c([N+](=O)[O-])c(Br)nn1C. The summed E-state index contributed by atoms with van der Waals surface area (Å²) in [5.41, 5.74) is 0.578. The topological polar surface area (TPSA) is 61.0 Å². The van der Waals surface area contributed by atoms with E-state index < -0.39 is 4.92 Å². The smallest absolute Gasteiger partial charge is 0.265 e. The van der Waals surface area contributed by atoms with Crippen molar-refractivity contribution < 1.29 is 4.92 Å². The van der Waals surface area contributed by atoms with Crippen molar-refractivity contribution in [1.82, 2.24) is 9.78 Å². The average Bonchev–Trinajstić information content (AvgIpc) is 2.07. The van der Waals surface area contributed by atoms with Crippen LogP contribution in [-0.4, -0.2) is 14.7 Å². The van der Waals surface area contributed by atoms with Crippen LogP contribution >= 0.6 is 15.9 Å². The van der Waals surface area contributed by atoms with Crippen molar-refractivity contribution in [2.75, 3.05) is 0 Å². The van der Waals surface area contributed by atoms with Crippen LogP contribution in [0.2, 0.25) is 0 Å². The summed E-state index contributed by atoms with van der Waals surface area (Å²) in [5.74, 6) is 0. The van der Waals surface area contributed by atoms with Gasteiger partial charge in [0.05, 0.1) is 4.92 Å². The molecule has 0 radical (unpaired) electrons.